The summed E-state index contributed by atoms with van der Waals surface area (Å²) in [6, 6.07) is 59.8. The molecule has 0 aliphatic heterocycles. The molecular weight excluding hydrogens is 629 g/mol. The largest absolute Gasteiger partial charge is 0.256 e. The Kier molecular flexibility index (Phi) is 5.53. The fourth-order valence-corrected chi connectivity index (χ4v) is 9.13. The number of nitrogens with zero attached hydrogens (tertiary/aromatic N) is 2. The molecule has 0 N–H and O–H groups in total. The van der Waals surface area contributed by atoms with Gasteiger partial charge in [0.15, 0.2) is 0 Å². The number of hydrogen-bond donors (Lipinski definition) is 0. The number of pyridine rings is 2. The van der Waals surface area contributed by atoms with Crippen molar-refractivity contribution in [2.24, 2.45) is 0 Å². The average Bonchev–Trinajstić information content (AvgIpc) is 3.72. The van der Waals surface area contributed by atoms with E-state index in [9.17, 15) is 0 Å². The monoisotopic (exact) mass is 656 g/mol. The molecular formula is C50H28N2. The van der Waals surface area contributed by atoms with Crippen molar-refractivity contribution in [1.82, 2.24) is 9.97 Å². The summed E-state index contributed by atoms with van der Waals surface area (Å²) < 4.78 is 0. The molecule has 0 saturated carbocycles. The summed E-state index contributed by atoms with van der Waals surface area (Å²) in [6.07, 6.45) is 1.93. The summed E-state index contributed by atoms with van der Waals surface area (Å²) in [6.45, 7) is 0. The lowest BCUT2D eigenvalue weighted by atomic mass is 9.87. The van der Waals surface area contributed by atoms with Crippen LogP contribution in [0, 0.1) is 0 Å². The van der Waals surface area contributed by atoms with Crippen molar-refractivity contribution in [2.75, 3.05) is 0 Å². The topological polar surface area (TPSA) is 25.8 Å². The smallest absolute Gasteiger partial charge is 0.0787 e. The normalized spacial score (nSPS) is 12.2. The number of fused-ring (bicyclic) bond motifs is 10. The van der Waals surface area contributed by atoms with Gasteiger partial charge in [-0.1, -0.05) is 127 Å². The van der Waals surface area contributed by atoms with Gasteiger partial charge in [-0.2, -0.15) is 0 Å². The van der Waals surface area contributed by atoms with E-state index in [-0.39, 0.29) is 0 Å². The minimum Gasteiger partial charge on any atom is -0.256 e. The summed E-state index contributed by atoms with van der Waals surface area (Å²) in [5.74, 6) is 0. The zero-order chi connectivity index (χ0) is 33.9. The van der Waals surface area contributed by atoms with Crippen molar-refractivity contribution in [3.05, 3.63) is 170 Å². The molecule has 2 aliphatic rings. The second-order valence-electron chi connectivity index (χ2n) is 14.0. The van der Waals surface area contributed by atoms with Crippen LogP contribution in [0.1, 0.15) is 0 Å². The maximum Gasteiger partial charge on any atom is 0.0787 e. The highest BCUT2D eigenvalue weighted by Gasteiger charge is 2.28. The zero-order valence-corrected chi connectivity index (χ0v) is 28.1. The third-order valence-electron chi connectivity index (χ3n) is 11.4. The number of hydrogen-bond acceptors (Lipinski definition) is 2. The van der Waals surface area contributed by atoms with Gasteiger partial charge in [-0.3, -0.25) is 4.98 Å². The van der Waals surface area contributed by atoms with Gasteiger partial charge in [-0.05, 0) is 108 Å². The summed E-state index contributed by atoms with van der Waals surface area (Å²) in [5, 5.41) is 8.64. The molecule has 238 valence electrons. The van der Waals surface area contributed by atoms with Crippen molar-refractivity contribution in [2.45, 2.75) is 0 Å². The van der Waals surface area contributed by atoms with Crippen LogP contribution in [-0.4, -0.2) is 9.97 Å². The van der Waals surface area contributed by atoms with Crippen LogP contribution in [0.4, 0.5) is 0 Å². The molecule has 8 aromatic carbocycles. The van der Waals surface area contributed by atoms with Gasteiger partial charge in [0.2, 0.25) is 0 Å². The highest BCUT2D eigenvalue weighted by atomic mass is 14.7. The molecule has 2 aliphatic carbocycles. The molecule has 12 rings (SSSR count). The molecule has 2 heteroatoms. The molecule has 0 amide bonds. The first-order valence-electron chi connectivity index (χ1n) is 17.9. The maximum atomic E-state index is 5.45. The van der Waals surface area contributed by atoms with Crippen LogP contribution in [0.3, 0.4) is 0 Å². The molecule has 52 heavy (non-hydrogen) atoms. The first-order valence-corrected chi connectivity index (χ1v) is 17.9. The SMILES string of the molecule is c1ccc(-c2ccc3c(c2)c(-c2cc4c5c(cccc5n2)-c2ccccc2-4)cc2c4ccc(-c5ccccc5)c5c4c(cc32)-c2ncccc2-5)cc1. The van der Waals surface area contributed by atoms with Crippen LogP contribution in [0.15, 0.2) is 170 Å². The van der Waals surface area contributed by atoms with Gasteiger partial charge in [0.25, 0.3) is 0 Å². The van der Waals surface area contributed by atoms with E-state index >= 15 is 0 Å². The molecule has 0 atom stereocenters. The van der Waals surface area contributed by atoms with E-state index in [0.717, 1.165) is 22.5 Å². The molecule has 0 spiro atoms. The van der Waals surface area contributed by atoms with E-state index in [1.807, 2.05) is 6.20 Å². The molecule has 0 bridgehead atoms. The quantitative estimate of drug-likeness (QED) is 0.177. The summed E-state index contributed by atoms with van der Waals surface area (Å²) >= 11 is 0. The first kappa shape index (κ1) is 27.9. The van der Waals surface area contributed by atoms with E-state index in [4.69, 9.17) is 9.97 Å². The summed E-state index contributed by atoms with van der Waals surface area (Å²) in [4.78, 5) is 10.5. The molecule has 2 aromatic heterocycles. The number of rotatable bonds is 3. The van der Waals surface area contributed by atoms with E-state index in [1.165, 1.54) is 98.9 Å². The van der Waals surface area contributed by atoms with Crippen LogP contribution in [-0.2, 0) is 0 Å². The Balaban J connectivity index is 1.22. The lowest BCUT2D eigenvalue weighted by molar-refractivity contribution is 1.35. The molecule has 2 heterocycles. The summed E-state index contributed by atoms with van der Waals surface area (Å²) in [7, 11) is 0. The van der Waals surface area contributed by atoms with Crippen LogP contribution >= 0.6 is 0 Å². The van der Waals surface area contributed by atoms with Crippen LogP contribution in [0.2, 0.25) is 0 Å². The lowest BCUT2D eigenvalue weighted by Crippen LogP contribution is -1.92. The Morgan fingerprint density at radius 1 is 0.327 bits per heavy atom. The minimum absolute atomic E-state index is 0.992. The number of benzene rings is 8. The van der Waals surface area contributed by atoms with Crippen LogP contribution < -0.4 is 0 Å². The standard InChI is InChI=1S/C50H28N2/c1-3-11-29(12-4-1)31-20-21-35-39(25-31)42(46-28-43-34-16-8-7-15-33(34)36-17-9-19-45(52-46)47(36)43)26-41-37-23-22-32(30-13-5-2-6-14-30)48-38-18-10-24-51-50(38)44(49(37)48)27-40(35)41/h1-28H. The maximum absolute atomic E-state index is 5.45. The van der Waals surface area contributed by atoms with Gasteiger partial charge in [0.05, 0.1) is 16.9 Å². The third-order valence-corrected chi connectivity index (χ3v) is 11.4. The van der Waals surface area contributed by atoms with E-state index in [0.29, 0.717) is 0 Å². The predicted molar refractivity (Wildman–Crippen MR) is 217 cm³/mol. The Hall–Kier alpha value is -6.90. The van der Waals surface area contributed by atoms with E-state index in [1.54, 1.807) is 0 Å². The molecule has 10 aromatic rings. The van der Waals surface area contributed by atoms with Gasteiger partial charge in [-0.15, -0.1) is 0 Å². The minimum atomic E-state index is 0.992. The van der Waals surface area contributed by atoms with Crippen molar-refractivity contribution >= 4 is 43.2 Å². The second kappa shape index (κ2) is 10.3. The van der Waals surface area contributed by atoms with Gasteiger partial charge >= 0.3 is 0 Å². The molecule has 0 unspecified atom stereocenters. The molecule has 2 nitrogen and oxygen atoms in total. The van der Waals surface area contributed by atoms with Crippen molar-refractivity contribution in [3.63, 3.8) is 0 Å². The first-order chi connectivity index (χ1) is 25.8. The number of aromatic nitrogens is 2. The fourth-order valence-electron chi connectivity index (χ4n) is 9.13. The van der Waals surface area contributed by atoms with Crippen LogP contribution in [0.25, 0.3) is 121 Å². The Morgan fingerprint density at radius 2 is 1.02 bits per heavy atom. The Labute approximate surface area is 300 Å². The van der Waals surface area contributed by atoms with E-state index in [2.05, 4.69) is 164 Å². The van der Waals surface area contributed by atoms with Gasteiger partial charge in [0.1, 0.15) is 0 Å². The zero-order valence-electron chi connectivity index (χ0n) is 28.1. The molecule has 0 radical (unpaired) electrons. The van der Waals surface area contributed by atoms with Crippen LogP contribution in [0.5, 0.6) is 0 Å². The third kappa shape index (κ3) is 3.73. The second-order valence-corrected chi connectivity index (χ2v) is 14.0. The van der Waals surface area contributed by atoms with Crippen molar-refractivity contribution in [1.29, 1.82) is 0 Å². The highest BCUT2D eigenvalue weighted by Crippen LogP contribution is 2.54. The van der Waals surface area contributed by atoms with Gasteiger partial charge in [-0.25, -0.2) is 4.98 Å². The predicted octanol–water partition coefficient (Wildman–Crippen LogP) is 13.4. The average molecular weight is 657 g/mol. The van der Waals surface area contributed by atoms with Crippen molar-refractivity contribution in [3.8, 4) is 78.1 Å². The van der Waals surface area contributed by atoms with E-state index < -0.39 is 0 Å². The Morgan fingerprint density at radius 3 is 1.87 bits per heavy atom. The van der Waals surface area contributed by atoms with Crippen molar-refractivity contribution < 1.29 is 0 Å². The Bertz CT molecular complexity index is 3160. The molecule has 0 saturated heterocycles. The van der Waals surface area contributed by atoms with Gasteiger partial charge < -0.3 is 0 Å². The highest BCUT2D eigenvalue weighted by molar-refractivity contribution is 6.30. The molecule has 0 fully saturated rings. The lowest BCUT2D eigenvalue weighted by Gasteiger charge is -2.17. The fraction of sp³-hybridized carbons (Fsp3) is 0. The summed E-state index contributed by atoms with van der Waals surface area (Å²) in [5.41, 5.74) is 17.8. The van der Waals surface area contributed by atoms with Gasteiger partial charge in [0, 0.05) is 39.2 Å².